The molecule has 1 aromatic carbocycles. The van der Waals surface area contributed by atoms with E-state index in [1.54, 1.807) is 12.1 Å². The number of amides is 1. The summed E-state index contributed by atoms with van der Waals surface area (Å²) in [4.78, 5) is 12.0. The maximum atomic E-state index is 12.2. The van der Waals surface area contributed by atoms with E-state index in [2.05, 4.69) is 5.32 Å². The Labute approximate surface area is 125 Å². The average Bonchev–Trinajstić information content (AvgIpc) is 2.66. The lowest BCUT2D eigenvalue weighted by atomic mass is 10.1. The molecular weight excluding hydrogens is 288 g/mol. The molecule has 0 radical (unpaired) electrons. The molecule has 1 amide bonds. The van der Waals surface area contributed by atoms with Crippen LogP contribution >= 0.6 is 0 Å². The lowest BCUT2D eigenvalue weighted by molar-refractivity contribution is -0.119. The van der Waals surface area contributed by atoms with E-state index in [-0.39, 0.29) is 16.6 Å². The molecule has 6 heteroatoms. The minimum Gasteiger partial charge on any atom is -0.398 e. The Kier molecular flexibility index (Phi) is 5.22. The van der Waals surface area contributed by atoms with E-state index >= 15 is 0 Å². The molecular formula is C15H22N2O3S. The van der Waals surface area contributed by atoms with Gasteiger partial charge in [-0.3, -0.25) is 4.79 Å². The molecule has 0 aromatic heterocycles. The molecule has 5 nitrogen and oxygen atoms in total. The van der Waals surface area contributed by atoms with Crippen molar-refractivity contribution in [2.75, 3.05) is 11.5 Å². The van der Waals surface area contributed by atoms with Gasteiger partial charge in [-0.1, -0.05) is 37.8 Å². The number of hydrogen-bond donors (Lipinski definition) is 2. The fraction of sp³-hybridized carbons (Fsp3) is 0.533. The normalized spacial score (nSPS) is 17.1. The molecule has 1 aromatic rings. The zero-order chi connectivity index (χ0) is 15.3. The summed E-state index contributed by atoms with van der Waals surface area (Å²) in [5.74, 6) is -0.984. The van der Waals surface area contributed by atoms with Gasteiger partial charge in [-0.05, 0) is 25.0 Å². The van der Waals surface area contributed by atoms with Crippen LogP contribution in [0.4, 0.5) is 5.69 Å². The predicted octanol–water partition coefficient (Wildman–Crippen LogP) is 1.88. The first-order valence-electron chi connectivity index (χ1n) is 7.36. The molecule has 0 heterocycles. The zero-order valence-electron chi connectivity index (χ0n) is 12.0. The highest BCUT2D eigenvalue weighted by Gasteiger charge is 2.23. The predicted molar refractivity (Wildman–Crippen MR) is 82.5 cm³/mol. The fourth-order valence-electron chi connectivity index (χ4n) is 2.71. The number of hydrogen-bond acceptors (Lipinski definition) is 4. The van der Waals surface area contributed by atoms with E-state index in [9.17, 15) is 13.2 Å². The number of carbonyl (C=O) groups is 1. The number of para-hydroxylation sites is 1. The maximum absolute atomic E-state index is 12.2. The van der Waals surface area contributed by atoms with Crippen molar-refractivity contribution in [2.45, 2.75) is 49.5 Å². The largest absolute Gasteiger partial charge is 0.398 e. The van der Waals surface area contributed by atoms with Gasteiger partial charge >= 0.3 is 0 Å². The summed E-state index contributed by atoms with van der Waals surface area (Å²) in [5, 5.41) is 2.85. The number of nitrogen functional groups attached to an aromatic ring is 1. The van der Waals surface area contributed by atoms with Crippen LogP contribution in [0.5, 0.6) is 0 Å². The maximum Gasteiger partial charge on any atom is 0.235 e. The molecule has 2 rings (SSSR count). The Morgan fingerprint density at radius 1 is 1.14 bits per heavy atom. The summed E-state index contributed by atoms with van der Waals surface area (Å²) in [6, 6.07) is 6.33. The van der Waals surface area contributed by atoms with Crippen LogP contribution in [0.2, 0.25) is 0 Å². The summed E-state index contributed by atoms with van der Waals surface area (Å²) in [6.07, 6.45) is 6.40. The highest BCUT2D eigenvalue weighted by Crippen LogP contribution is 2.20. The van der Waals surface area contributed by atoms with Gasteiger partial charge in [0, 0.05) is 6.04 Å². The smallest absolute Gasteiger partial charge is 0.235 e. The first-order chi connectivity index (χ1) is 9.99. The van der Waals surface area contributed by atoms with Crippen molar-refractivity contribution >= 4 is 21.4 Å². The molecule has 0 unspecified atom stereocenters. The summed E-state index contributed by atoms with van der Waals surface area (Å²) < 4.78 is 24.5. The standard InChI is InChI=1S/C15H22N2O3S/c16-13-9-5-6-10-14(13)21(19,20)11-15(18)17-12-7-3-1-2-4-8-12/h5-6,9-10,12H,1-4,7-8,11,16H2,(H,17,18). The molecule has 3 N–H and O–H groups in total. The quantitative estimate of drug-likeness (QED) is 0.656. The van der Waals surface area contributed by atoms with Crippen molar-refractivity contribution < 1.29 is 13.2 Å². The van der Waals surface area contributed by atoms with Crippen LogP contribution in [0, 0.1) is 0 Å². The van der Waals surface area contributed by atoms with E-state index in [4.69, 9.17) is 5.73 Å². The number of nitrogens with one attached hydrogen (secondary N) is 1. The topological polar surface area (TPSA) is 89.3 Å². The molecule has 0 aliphatic heterocycles. The van der Waals surface area contributed by atoms with Crippen LogP contribution < -0.4 is 11.1 Å². The first kappa shape index (κ1) is 15.8. The third kappa shape index (κ3) is 4.46. The number of carbonyl (C=O) groups excluding carboxylic acids is 1. The molecule has 0 saturated heterocycles. The van der Waals surface area contributed by atoms with E-state index in [0.717, 1.165) is 25.7 Å². The lowest BCUT2D eigenvalue weighted by Crippen LogP contribution is -2.38. The molecule has 1 saturated carbocycles. The molecule has 0 spiro atoms. The van der Waals surface area contributed by atoms with Gasteiger partial charge in [-0.15, -0.1) is 0 Å². The molecule has 1 fully saturated rings. The minimum atomic E-state index is -3.69. The van der Waals surface area contributed by atoms with Gasteiger partial charge in [0.1, 0.15) is 5.75 Å². The van der Waals surface area contributed by atoms with Crippen molar-refractivity contribution in [2.24, 2.45) is 0 Å². The Morgan fingerprint density at radius 3 is 2.38 bits per heavy atom. The minimum absolute atomic E-state index is 0.0287. The van der Waals surface area contributed by atoms with Crippen LogP contribution in [0.1, 0.15) is 38.5 Å². The van der Waals surface area contributed by atoms with Gasteiger partial charge in [0.15, 0.2) is 9.84 Å². The number of sulfone groups is 1. The zero-order valence-corrected chi connectivity index (χ0v) is 12.9. The summed E-state index contributed by atoms with van der Waals surface area (Å²) in [7, 11) is -3.69. The van der Waals surface area contributed by atoms with Gasteiger partial charge in [-0.25, -0.2) is 8.42 Å². The van der Waals surface area contributed by atoms with Crippen LogP contribution in [0.25, 0.3) is 0 Å². The van der Waals surface area contributed by atoms with Crippen LogP contribution in [-0.4, -0.2) is 26.1 Å². The Morgan fingerprint density at radius 2 is 1.76 bits per heavy atom. The monoisotopic (exact) mass is 310 g/mol. The summed E-state index contributed by atoms with van der Waals surface area (Å²) in [5.41, 5.74) is 5.86. The van der Waals surface area contributed by atoms with Crippen molar-refractivity contribution in [3.8, 4) is 0 Å². The summed E-state index contributed by atoms with van der Waals surface area (Å²) in [6.45, 7) is 0. The Bertz CT molecular complexity index is 591. The van der Waals surface area contributed by atoms with Gasteiger partial charge in [0.2, 0.25) is 5.91 Å². The third-order valence-electron chi connectivity index (χ3n) is 3.80. The van der Waals surface area contributed by atoms with Crippen molar-refractivity contribution in [3.63, 3.8) is 0 Å². The molecule has 116 valence electrons. The molecule has 1 aliphatic carbocycles. The number of nitrogens with two attached hydrogens (primary N) is 1. The van der Waals surface area contributed by atoms with E-state index in [1.807, 2.05) is 0 Å². The molecule has 1 aliphatic rings. The number of anilines is 1. The number of rotatable bonds is 4. The van der Waals surface area contributed by atoms with Crippen molar-refractivity contribution in [1.29, 1.82) is 0 Å². The van der Waals surface area contributed by atoms with Gasteiger partial charge in [0.25, 0.3) is 0 Å². The molecule has 0 bridgehead atoms. The van der Waals surface area contributed by atoms with Crippen molar-refractivity contribution in [3.05, 3.63) is 24.3 Å². The Balaban J connectivity index is 2.00. The summed E-state index contributed by atoms with van der Waals surface area (Å²) >= 11 is 0. The second-order valence-corrected chi connectivity index (χ2v) is 7.51. The van der Waals surface area contributed by atoms with Gasteiger partial charge in [0.05, 0.1) is 10.6 Å². The third-order valence-corrected chi connectivity index (χ3v) is 5.48. The molecule has 21 heavy (non-hydrogen) atoms. The van der Waals surface area contributed by atoms with Gasteiger partial charge in [-0.2, -0.15) is 0 Å². The number of benzene rings is 1. The lowest BCUT2D eigenvalue weighted by Gasteiger charge is -2.16. The first-order valence-corrected chi connectivity index (χ1v) is 9.01. The van der Waals surface area contributed by atoms with Gasteiger partial charge < -0.3 is 11.1 Å². The fourth-order valence-corrected chi connectivity index (χ4v) is 4.00. The second kappa shape index (κ2) is 6.93. The van der Waals surface area contributed by atoms with Crippen LogP contribution in [0.3, 0.4) is 0 Å². The Hall–Kier alpha value is -1.56. The van der Waals surface area contributed by atoms with E-state index in [1.165, 1.54) is 25.0 Å². The van der Waals surface area contributed by atoms with Crippen LogP contribution in [0.15, 0.2) is 29.2 Å². The highest BCUT2D eigenvalue weighted by molar-refractivity contribution is 7.92. The second-order valence-electron chi connectivity index (χ2n) is 5.55. The SMILES string of the molecule is Nc1ccccc1S(=O)(=O)CC(=O)NC1CCCCCC1. The van der Waals surface area contributed by atoms with Crippen molar-refractivity contribution in [1.82, 2.24) is 5.32 Å². The average molecular weight is 310 g/mol. The van der Waals surface area contributed by atoms with E-state index in [0.29, 0.717) is 0 Å². The highest BCUT2D eigenvalue weighted by atomic mass is 32.2. The van der Waals surface area contributed by atoms with Crippen LogP contribution in [-0.2, 0) is 14.6 Å². The molecule has 0 atom stereocenters. The van der Waals surface area contributed by atoms with E-state index < -0.39 is 21.5 Å².